The van der Waals surface area contributed by atoms with Gasteiger partial charge in [-0.3, -0.25) is 13.9 Å². The molecule has 0 amide bonds. The zero-order valence-electron chi connectivity index (χ0n) is 21.2. The zero-order chi connectivity index (χ0) is 25.7. The minimum Gasteiger partial charge on any atom is -0.493 e. The molecule has 1 atom stereocenters. The molecule has 2 aromatic carbocycles. The van der Waals surface area contributed by atoms with E-state index in [1.807, 2.05) is 43.3 Å². The van der Waals surface area contributed by atoms with Crippen molar-refractivity contribution < 1.29 is 18.9 Å². The van der Waals surface area contributed by atoms with Crippen LogP contribution >= 0.6 is 0 Å². The summed E-state index contributed by atoms with van der Waals surface area (Å²) in [6.45, 7) is 2.97. The molecule has 0 fully saturated rings. The van der Waals surface area contributed by atoms with Crippen molar-refractivity contribution in [2.75, 3.05) is 27.9 Å². The van der Waals surface area contributed by atoms with E-state index in [9.17, 15) is 9.59 Å². The maximum atomic E-state index is 13.5. The number of benzene rings is 2. The summed E-state index contributed by atoms with van der Waals surface area (Å²) in [6, 6.07) is 11.7. The van der Waals surface area contributed by atoms with Gasteiger partial charge in [-0.1, -0.05) is 29.8 Å². The first kappa shape index (κ1) is 23.7. The van der Waals surface area contributed by atoms with Crippen LogP contribution in [0.2, 0.25) is 0 Å². The molecule has 36 heavy (non-hydrogen) atoms. The molecule has 0 unspecified atom stereocenters. The highest BCUT2D eigenvalue weighted by molar-refractivity contribution is 5.96. The molecule has 188 valence electrons. The van der Waals surface area contributed by atoms with E-state index in [1.165, 1.54) is 11.6 Å². The Balaban J connectivity index is 1.89. The second-order valence-corrected chi connectivity index (χ2v) is 8.89. The Bertz CT molecular complexity index is 1570. The molecular formula is C27H29N3O6. The average Bonchev–Trinajstić information content (AvgIpc) is 3.25. The Hall–Kier alpha value is -3.98. The molecule has 0 spiro atoms. The van der Waals surface area contributed by atoms with E-state index in [0.717, 1.165) is 32.6 Å². The highest BCUT2D eigenvalue weighted by atomic mass is 16.5. The van der Waals surface area contributed by atoms with Gasteiger partial charge in [0.25, 0.3) is 5.56 Å². The van der Waals surface area contributed by atoms with E-state index in [1.54, 1.807) is 28.4 Å². The van der Waals surface area contributed by atoms with E-state index in [2.05, 4.69) is 4.57 Å². The lowest BCUT2D eigenvalue weighted by molar-refractivity contribution is 0.0475. The van der Waals surface area contributed by atoms with Gasteiger partial charge in [0.15, 0.2) is 11.5 Å². The van der Waals surface area contributed by atoms with Crippen molar-refractivity contribution in [3.05, 3.63) is 74.1 Å². The molecule has 1 aliphatic heterocycles. The standard InChI is InChI=1S/C27H29N3O6/c1-15-7-9-16(10-8-15)21-20-22(28(2)27(32)29(3)26(20)31)23-24(36-12-11-30(21)23)17-13-18(33-4)25(35-6)19(14-17)34-5/h7-10,13-14,24H,11-12H2,1-6H3/t24-/m1/s1. The molecule has 0 saturated carbocycles. The van der Waals surface area contributed by atoms with E-state index < -0.39 is 11.8 Å². The van der Waals surface area contributed by atoms with Crippen molar-refractivity contribution in [3.8, 4) is 28.5 Å². The van der Waals surface area contributed by atoms with Crippen LogP contribution in [0.3, 0.4) is 0 Å². The third kappa shape index (κ3) is 3.42. The number of aromatic nitrogens is 3. The molecule has 9 nitrogen and oxygen atoms in total. The number of hydrogen-bond donors (Lipinski definition) is 0. The summed E-state index contributed by atoms with van der Waals surface area (Å²) in [4.78, 5) is 26.6. The van der Waals surface area contributed by atoms with E-state index in [-0.39, 0.29) is 5.56 Å². The Morgan fingerprint density at radius 1 is 0.917 bits per heavy atom. The third-order valence-electron chi connectivity index (χ3n) is 6.87. The fourth-order valence-corrected chi connectivity index (χ4v) is 5.10. The van der Waals surface area contributed by atoms with Crippen LogP contribution in [-0.2, 0) is 25.4 Å². The second kappa shape index (κ2) is 8.91. The first-order valence-corrected chi connectivity index (χ1v) is 11.6. The van der Waals surface area contributed by atoms with Crippen molar-refractivity contribution in [2.45, 2.75) is 19.6 Å². The van der Waals surface area contributed by atoms with Gasteiger partial charge in [0.2, 0.25) is 5.75 Å². The molecule has 4 aromatic rings. The van der Waals surface area contributed by atoms with Crippen LogP contribution < -0.4 is 25.5 Å². The lowest BCUT2D eigenvalue weighted by atomic mass is 10.0. The summed E-state index contributed by atoms with van der Waals surface area (Å²) in [5.41, 5.74) is 4.10. The Morgan fingerprint density at radius 3 is 2.14 bits per heavy atom. The zero-order valence-corrected chi connectivity index (χ0v) is 21.2. The molecule has 5 rings (SSSR count). The number of rotatable bonds is 5. The first-order chi connectivity index (χ1) is 17.3. The molecule has 2 aromatic heterocycles. The van der Waals surface area contributed by atoms with Crippen LogP contribution in [0.15, 0.2) is 46.0 Å². The molecule has 0 aliphatic carbocycles. The van der Waals surface area contributed by atoms with Crippen LogP contribution in [0.1, 0.15) is 22.9 Å². The first-order valence-electron chi connectivity index (χ1n) is 11.6. The largest absolute Gasteiger partial charge is 0.493 e. The summed E-state index contributed by atoms with van der Waals surface area (Å²) in [7, 11) is 7.86. The fraction of sp³-hybridized carbons (Fsp3) is 0.333. The number of hydrogen-bond acceptors (Lipinski definition) is 6. The van der Waals surface area contributed by atoms with Crippen molar-refractivity contribution in [1.82, 2.24) is 13.7 Å². The molecule has 0 radical (unpaired) electrons. The Labute approximate surface area is 208 Å². The van der Waals surface area contributed by atoms with Crippen LogP contribution in [0.25, 0.3) is 22.2 Å². The number of methoxy groups -OCH3 is 3. The van der Waals surface area contributed by atoms with Crippen molar-refractivity contribution in [1.29, 1.82) is 0 Å². The minimum atomic E-state index is -0.577. The van der Waals surface area contributed by atoms with E-state index in [0.29, 0.717) is 41.3 Å². The normalized spacial score (nSPS) is 15.1. The van der Waals surface area contributed by atoms with Crippen molar-refractivity contribution in [2.24, 2.45) is 14.1 Å². The topological polar surface area (TPSA) is 85.9 Å². The van der Waals surface area contributed by atoms with Crippen LogP contribution in [-0.4, -0.2) is 41.6 Å². The lowest BCUT2D eigenvalue weighted by Gasteiger charge is -2.28. The Kier molecular flexibility index (Phi) is 5.88. The number of ether oxygens (including phenoxy) is 4. The summed E-state index contributed by atoms with van der Waals surface area (Å²) in [5, 5.41) is 0.487. The van der Waals surface area contributed by atoms with Crippen LogP contribution in [0.4, 0.5) is 0 Å². The molecule has 0 bridgehead atoms. The van der Waals surface area contributed by atoms with Crippen molar-refractivity contribution in [3.63, 3.8) is 0 Å². The summed E-state index contributed by atoms with van der Waals surface area (Å²) in [6.07, 6.45) is -0.577. The van der Waals surface area contributed by atoms with Gasteiger partial charge in [-0.25, -0.2) is 4.79 Å². The molecule has 1 aliphatic rings. The van der Waals surface area contributed by atoms with Crippen molar-refractivity contribution >= 4 is 10.9 Å². The Morgan fingerprint density at radius 2 is 1.56 bits per heavy atom. The highest BCUT2D eigenvalue weighted by Gasteiger charge is 2.34. The van der Waals surface area contributed by atoms with E-state index in [4.69, 9.17) is 18.9 Å². The maximum Gasteiger partial charge on any atom is 0.331 e. The maximum absolute atomic E-state index is 13.5. The van der Waals surface area contributed by atoms with Gasteiger partial charge in [0, 0.05) is 20.6 Å². The van der Waals surface area contributed by atoms with Gasteiger partial charge >= 0.3 is 5.69 Å². The number of fused-ring (bicyclic) bond motifs is 3. The van der Waals surface area contributed by atoms with Gasteiger partial charge in [0.1, 0.15) is 6.10 Å². The summed E-state index contributed by atoms with van der Waals surface area (Å²) in [5.74, 6) is 1.46. The molecular weight excluding hydrogens is 462 g/mol. The smallest absolute Gasteiger partial charge is 0.331 e. The summed E-state index contributed by atoms with van der Waals surface area (Å²) >= 11 is 0. The SMILES string of the molecule is COc1cc([C@H]2OCCn3c(-c4ccc(C)cc4)c4c(=O)n(C)c(=O)n(C)c4c32)cc(OC)c1OC. The quantitative estimate of drug-likeness (QED) is 0.426. The minimum absolute atomic E-state index is 0.339. The number of aryl methyl sites for hydroxylation is 2. The predicted molar refractivity (Wildman–Crippen MR) is 136 cm³/mol. The molecule has 9 heteroatoms. The summed E-state index contributed by atoms with van der Waals surface area (Å²) < 4.78 is 27.7. The monoisotopic (exact) mass is 491 g/mol. The molecule has 3 heterocycles. The predicted octanol–water partition coefficient (Wildman–Crippen LogP) is 3.16. The molecule has 0 N–H and O–H groups in total. The number of nitrogens with zero attached hydrogens (tertiary/aromatic N) is 3. The third-order valence-corrected chi connectivity index (χ3v) is 6.87. The van der Waals surface area contributed by atoms with Crippen LogP contribution in [0, 0.1) is 6.92 Å². The van der Waals surface area contributed by atoms with Gasteiger partial charge in [-0.2, -0.15) is 0 Å². The van der Waals surface area contributed by atoms with Gasteiger partial charge in [0.05, 0.1) is 50.2 Å². The van der Waals surface area contributed by atoms with Crippen LogP contribution in [0.5, 0.6) is 17.2 Å². The average molecular weight is 492 g/mol. The lowest BCUT2D eigenvalue weighted by Crippen LogP contribution is -2.37. The fourth-order valence-electron chi connectivity index (χ4n) is 5.10. The van der Waals surface area contributed by atoms with Gasteiger partial charge in [-0.15, -0.1) is 0 Å². The second-order valence-electron chi connectivity index (χ2n) is 8.89. The molecule has 0 saturated heterocycles. The van der Waals surface area contributed by atoms with Gasteiger partial charge < -0.3 is 23.5 Å². The highest BCUT2D eigenvalue weighted by Crippen LogP contribution is 2.45. The van der Waals surface area contributed by atoms with E-state index >= 15 is 0 Å². The van der Waals surface area contributed by atoms with Gasteiger partial charge in [-0.05, 0) is 30.2 Å².